The lowest BCUT2D eigenvalue weighted by molar-refractivity contribution is 0.571. The summed E-state index contributed by atoms with van der Waals surface area (Å²) in [6.07, 6.45) is 1.00. The third-order valence-electron chi connectivity index (χ3n) is 1.57. The number of nitrogens with zero attached hydrogens (tertiary/aromatic N) is 2. The summed E-state index contributed by atoms with van der Waals surface area (Å²) in [4.78, 5) is 5.27. The molecule has 0 aliphatic carbocycles. The third-order valence-corrected chi connectivity index (χ3v) is 1.92. The molecule has 0 aliphatic heterocycles. The van der Waals surface area contributed by atoms with Gasteiger partial charge in [0.15, 0.2) is 11.6 Å². The summed E-state index contributed by atoms with van der Waals surface area (Å²) < 4.78 is 25.5. The molecule has 0 unspecified atom stereocenters. The van der Waals surface area contributed by atoms with Crippen LogP contribution in [0, 0.1) is 11.6 Å². The number of rotatable bonds is 3. The Kier molecular flexibility index (Phi) is 3.59. The van der Waals surface area contributed by atoms with Gasteiger partial charge in [-0.1, -0.05) is 15.9 Å². The van der Waals surface area contributed by atoms with Gasteiger partial charge in [0.05, 0.1) is 6.20 Å². The van der Waals surface area contributed by atoms with E-state index >= 15 is 0 Å². The van der Waals surface area contributed by atoms with E-state index < -0.39 is 11.6 Å². The van der Waals surface area contributed by atoms with Crippen molar-refractivity contribution >= 4 is 21.7 Å². The Bertz CT molecular complexity index is 293. The first-order chi connectivity index (χ1) is 6.15. The Hall–Kier alpha value is -0.710. The fraction of sp³-hybridized carbons (Fsp3) is 0.375. The molecule has 0 saturated heterocycles. The second-order valence-electron chi connectivity index (χ2n) is 2.57. The zero-order valence-electron chi connectivity index (χ0n) is 7.10. The first kappa shape index (κ1) is 10.4. The van der Waals surface area contributed by atoms with Crippen LogP contribution in [0.15, 0.2) is 12.3 Å². The van der Waals surface area contributed by atoms with E-state index in [0.29, 0.717) is 11.9 Å². The fourth-order valence-corrected chi connectivity index (χ4v) is 1.45. The molecule has 0 fully saturated rings. The number of alkyl halides is 1. The summed E-state index contributed by atoms with van der Waals surface area (Å²) in [6.45, 7) is 0.621. The van der Waals surface area contributed by atoms with Crippen molar-refractivity contribution in [1.29, 1.82) is 0 Å². The Morgan fingerprint density at radius 1 is 1.54 bits per heavy atom. The van der Waals surface area contributed by atoms with Gasteiger partial charge in [-0.25, -0.2) is 13.8 Å². The molecule has 1 heterocycles. The topological polar surface area (TPSA) is 16.1 Å². The molecule has 1 rings (SSSR count). The van der Waals surface area contributed by atoms with Gasteiger partial charge < -0.3 is 4.90 Å². The van der Waals surface area contributed by atoms with Crippen molar-refractivity contribution < 1.29 is 8.78 Å². The highest BCUT2D eigenvalue weighted by Gasteiger charge is 2.08. The number of halogens is 3. The Balaban J connectivity index is 2.88. The predicted molar refractivity (Wildman–Crippen MR) is 51.2 cm³/mol. The lowest BCUT2D eigenvalue weighted by Gasteiger charge is -2.16. The average molecular weight is 251 g/mol. The minimum atomic E-state index is -0.659. The summed E-state index contributed by atoms with van der Waals surface area (Å²) >= 11 is 3.22. The van der Waals surface area contributed by atoms with Crippen LogP contribution in [-0.2, 0) is 0 Å². The van der Waals surface area contributed by atoms with Crippen LogP contribution >= 0.6 is 15.9 Å². The summed E-state index contributed by atoms with van der Waals surface area (Å²) in [5.74, 6) is -1.13. The summed E-state index contributed by atoms with van der Waals surface area (Å²) in [5, 5.41) is 0.710. The molecule has 0 atom stereocenters. The van der Waals surface area contributed by atoms with Crippen molar-refractivity contribution in [3.05, 3.63) is 23.9 Å². The number of anilines is 1. The van der Waals surface area contributed by atoms with Gasteiger partial charge in [0, 0.05) is 25.0 Å². The molecule has 72 valence electrons. The first-order valence-electron chi connectivity index (χ1n) is 3.73. The van der Waals surface area contributed by atoms with Crippen molar-refractivity contribution in [2.24, 2.45) is 0 Å². The monoisotopic (exact) mass is 250 g/mol. The molecular formula is C8H9BrF2N2. The Morgan fingerprint density at radius 2 is 2.23 bits per heavy atom. The van der Waals surface area contributed by atoms with Gasteiger partial charge in [0.2, 0.25) is 0 Å². The highest BCUT2D eigenvalue weighted by atomic mass is 79.9. The van der Waals surface area contributed by atoms with E-state index in [0.717, 1.165) is 12.3 Å². The molecule has 0 N–H and O–H groups in total. The lowest BCUT2D eigenvalue weighted by Crippen LogP contribution is -2.21. The molecule has 1 aromatic heterocycles. The Morgan fingerprint density at radius 3 is 2.77 bits per heavy atom. The van der Waals surface area contributed by atoms with Crippen LogP contribution in [0.2, 0.25) is 0 Å². The minimum Gasteiger partial charge on any atom is -0.356 e. The Labute approximate surface area is 83.7 Å². The zero-order valence-corrected chi connectivity index (χ0v) is 8.68. The highest BCUT2D eigenvalue weighted by Crippen LogP contribution is 2.14. The molecule has 5 heteroatoms. The molecule has 0 radical (unpaired) electrons. The lowest BCUT2D eigenvalue weighted by atomic mass is 10.4. The van der Waals surface area contributed by atoms with E-state index in [9.17, 15) is 8.78 Å². The van der Waals surface area contributed by atoms with E-state index in [1.807, 2.05) is 0 Å². The van der Waals surface area contributed by atoms with E-state index in [4.69, 9.17) is 0 Å². The van der Waals surface area contributed by atoms with Gasteiger partial charge in [0.1, 0.15) is 5.82 Å². The van der Waals surface area contributed by atoms with Gasteiger partial charge >= 0.3 is 0 Å². The predicted octanol–water partition coefficient (Wildman–Crippen LogP) is 2.19. The van der Waals surface area contributed by atoms with Crippen LogP contribution in [-0.4, -0.2) is 23.9 Å². The summed E-state index contributed by atoms with van der Waals surface area (Å²) in [6, 6.07) is 0.826. The second kappa shape index (κ2) is 4.50. The van der Waals surface area contributed by atoms with Gasteiger partial charge in [-0.15, -0.1) is 0 Å². The smallest absolute Gasteiger partial charge is 0.168 e. The van der Waals surface area contributed by atoms with Crippen LogP contribution < -0.4 is 4.90 Å². The molecule has 2 nitrogen and oxygen atoms in total. The molecule has 13 heavy (non-hydrogen) atoms. The fourth-order valence-electron chi connectivity index (χ4n) is 0.921. The molecule has 0 saturated carbocycles. The molecule has 0 aromatic carbocycles. The van der Waals surface area contributed by atoms with Crippen molar-refractivity contribution in [3.63, 3.8) is 0 Å². The first-order valence-corrected chi connectivity index (χ1v) is 4.85. The van der Waals surface area contributed by atoms with Crippen molar-refractivity contribution in [2.45, 2.75) is 0 Å². The third kappa shape index (κ3) is 2.62. The number of pyridine rings is 1. The second-order valence-corrected chi connectivity index (χ2v) is 3.36. The van der Waals surface area contributed by atoms with E-state index in [1.165, 1.54) is 0 Å². The van der Waals surface area contributed by atoms with Gasteiger partial charge in [-0.3, -0.25) is 0 Å². The molecule has 0 aliphatic rings. The van der Waals surface area contributed by atoms with Crippen molar-refractivity contribution in [1.82, 2.24) is 4.98 Å². The zero-order chi connectivity index (χ0) is 9.84. The van der Waals surface area contributed by atoms with Crippen LogP contribution in [0.25, 0.3) is 0 Å². The van der Waals surface area contributed by atoms with Crippen LogP contribution in [0.4, 0.5) is 14.6 Å². The van der Waals surface area contributed by atoms with E-state index in [2.05, 4.69) is 20.9 Å². The van der Waals surface area contributed by atoms with Crippen molar-refractivity contribution in [2.75, 3.05) is 23.8 Å². The van der Waals surface area contributed by atoms with E-state index in [-0.39, 0.29) is 5.82 Å². The number of hydrogen-bond acceptors (Lipinski definition) is 2. The largest absolute Gasteiger partial charge is 0.356 e. The van der Waals surface area contributed by atoms with Crippen LogP contribution in [0.1, 0.15) is 0 Å². The maximum Gasteiger partial charge on any atom is 0.168 e. The highest BCUT2D eigenvalue weighted by molar-refractivity contribution is 9.09. The van der Waals surface area contributed by atoms with Gasteiger partial charge in [0.25, 0.3) is 0 Å². The number of hydrogen-bond donors (Lipinski definition) is 0. The molecular weight excluding hydrogens is 242 g/mol. The normalized spacial score (nSPS) is 10.2. The summed E-state index contributed by atoms with van der Waals surface area (Å²) in [7, 11) is 1.70. The SMILES string of the molecule is CN(CCBr)c1ncc(F)cc1F. The molecule has 1 aromatic rings. The standard InChI is InChI=1S/C8H9BrF2N2/c1-13(3-2-9)8-7(11)4-6(10)5-12-8/h4-5H,2-3H2,1H3. The number of aromatic nitrogens is 1. The minimum absolute atomic E-state index is 0.167. The van der Waals surface area contributed by atoms with Gasteiger partial charge in [-0.05, 0) is 0 Å². The molecule has 0 bridgehead atoms. The molecule has 0 spiro atoms. The average Bonchev–Trinajstić information content (AvgIpc) is 2.04. The molecule has 0 amide bonds. The van der Waals surface area contributed by atoms with E-state index in [1.54, 1.807) is 11.9 Å². The van der Waals surface area contributed by atoms with Crippen molar-refractivity contribution in [3.8, 4) is 0 Å². The maximum atomic E-state index is 13.1. The summed E-state index contributed by atoms with van der Waals surface area (Å²) in [5.41, 5.74) is 0. The van der Waals surface area contributed by atoms with Crippen LogP contribution in [0.3, 0.4) is 0 Å². The quantitative estimate of drug-likeness (QED) is 0.765. The van der Waals surface area contributed by atoms with Crippen LogP contribution in [0.5, 0.6) is 0 Å². The maximum absolute atomic E-state index is 13.1. The van der Waals surface area contributed by atoms with Gasteiger partial charge in [-0.2, -0.15) is 0 Å².